The third-order valence-electron chi connectivity index (χ3n) is 3.14. The molecule has 1 heterocycles. The van der Waals surface area contributed by atoms with Crippen LogP contribution in [0.5, 0.6) is 0 Å². The van der Waals surface area contributed by atoms with Crippen LogP contribution >= 0.6 is 0 Å². The van der Waals surface area contributed by atoms with Gasteiger partial charge in [0.05, 0.1) is 17.8 Å². The van der Waals surface area contributed by atoms with Gasteiger partial charge in [-0.3, -0.25) is 0 Å². The highest BCUT2D eigenvalue weighted by atomic mass is 19.1. The average molecular weight is 267 g/mol. The van der Waals surface area contributed by atoms with E-state index >= 15 is 0 Å². The smallest absolute Gasteiger partial charge is 0.341 e. The second-order valence-electron chi connectivity index (χ2n) is 5.00. The fourth-order valence-corrected chi connectivity index (χ4v) is 2.35. The van der Waals surface area contributed by atoms with Crippen molar-refractivity contribution in [1.82, 2.24) is 0 Å². The summed E-state index contributed by atoms with van der Waals surface area (Å²) in [5.74, 6) is -1.30. The molecule has 5 heteroatoms. The maximum atomic E-state index is 13.6. The summed E-state index contributed by atoms with van der Waals surface area (Å²) in [7, 11) is 0. The maximum absolute atomic E-state index is 13.6. The van der Waals surface area contributed by atoms with Gasteiger partial charge in [0.1, 0.15) is 11.9 Å². The van der Waals surface area contributed by atoms with Crippen LogP contribution in [-0.2, 0) is 9.47 Å². The Kier molecular flexibility index (Phi) is 4.04. The van der Waals surface area contributed by atoms with Gasteiger partial charge in [-0.2, -0.15) is 0 Å². The zero-order valence-electron chi connectivity index (χ0n) is 11.1. The SMILES string of the molecule is CC1CC(OC(=O)c2ccc(N)cc2F)CC(C)O1. The molecule has 0 saturated carbocycles. The molecular formula is C14H18FNO3. The molecule has 2 unspecified atom stereocenters. The lowest BCUT2D eigenvalue weighted by molar-refractivity contribution is -0.0856. The number of halogens is 1. The number of carbonyl (C=O) groups is 1. The molecule has 19 heavy (non-hydrogen) atoms. The van der Waals surface area contributed by atoms with Crippen LogP contribution in [0.3, 0.4) is 0 Å². The molecule has 2 rings (SSSR count). The summed E-state index contributed by atoms with van der Waals surface area (Å²) in [6.45, 7) is 3.86. The minimum absolute atomic E-state index is 0.0396. The maximum Gasteiger partial charge on any atom is 0.341 e. The zero-order valence-corrected chi connectivity index (χ0v) is 11.1. The summed E-state index contributed by atoms with van der Waals surface area (Å²) < 4.78 is 24.5. The van der Waals surface area contributed by atoms with Crippen molar-refractivity contribution in [3.63, 3.8) is 0 Å². The summed E-state index contributed by atoms with van der Waals surface area (Å²) in [6, 6.07) is 3.94. The molecule has 1 fully saturated rings. The lowest BCUT2D eigenvalue weighted by atomic mass is 10.0. The Labute approximate surface area is 111 Å². The summed E-state index contributed by atoms with van der Waals surface area (Å²) >= 11 is 0. The van der Waals surface area contributed by atoms with Gasteiger partial charge < -0.3 is 15.2 Å². The fourth-order valence-electron chi connectivity index (χ4n) is 2.35. The van der Waals surface area contributed by atoms with E-state index in [0.717, 1.165) is 6.07 Å². The van der Waals surface area contributed by atoms with Crippen molar-refractivity contribution in [3.05, 3.63) is 29.6 Å². The van der Waals surface area contributed by atoms with Crippen LogP contribution in [-0.4, -0.2) is 24.3 Å². The molecule has 1 aromatic rings. The van der Waals surface area contributed by atoms with Crippen molar-refractivity contribution < 1.29 is 18.7 Å². The summed E-state index contributed by atoms with van der Waals surface area (Å²) in [5, 5.41) is 0. The zero-order chi connectivity index (χ0) is 14.0. The Bertz CT molecular complexity index is 468. The van der Waals surface area contributed by atoms with E-state index in [0.29, 0.717) is 12.8 Å². The molecule has 2 N–H and O–H groups in total. The Morgan fingerprint density at radius 2 is 2.00 bits per heavy atom. The van der Waals surface area contributed by atoms with Gasteiger partial charge in [0.2, 0.25) is 0 Å². The number of hydrogen-bond donors (Lipinski definition) is 1. The Morgan fingerprint density at radius 1 is 1.37 bits per heavy atom. The van der Waals surface area contributed by atoms with Gasteiger partial charge in [0.15, 0.2) is 0 Å². The van der Waals surface area contributed by atoms with E-state index in [2.05, 4.69) is 0 Å². The predicted octanol–water partition coefficient (Wildman–Crippen LogP) is 2.52. The van der Waals surface area contributed by atoms with Crippen molar-refractivity contribution in [1.29, 1.82) is 0 Å². The van der Waals surface area contributed by atoms with E-state index in [9.17, 15) is 9.18 Å². The highest BCUT2D eigenvalue weighted by Crippen LogP contribution is 2.23. The number of nitrogens with two attached hydrogens (primary N) is 1. The normalized spacial score (nSPS) is 27.0. The monoisotopic (exact) mass is 267 g/mol. The van der Waals surface area contributed by atoms with Gasteiger partial charge in [-0.25, -0.2) is 9.18 Å². The summed E-state index contributed by atoms with van der Waals surface area (Å²) in [5.41, 5.74) is 5.64. The lowest BCUT2D eigenvalue weighted by Gasteiger charge is -2.31. The minimum atomic E-state index is -0.654. The molecule has 104 valence electrons. The Hall–Kier alpha value is -1.62. The van der Waals surface area contributed by atoms with Gasteiger partial charge in [0.25, 0.3) is 0 Å². The van der Waals surface area contributed by atoms with Gasteiger partial charge in [-0.05, 0) is 32.0 Å². The van der Waals surface area contributed by atoms with Gasteiger partial charge in [-0.15, -0.1) is 0 Å². The second-order valence-corrected chi connectivity index (χ2v) is 5.00. The molecule has 0 amide bonds. The van der Waals surface area contributed by atoms with Crippen LogP contribution in [0.25, 0.3) is 0 Å². The molecule has 0 aliphatic carbocycles. The lowest BCUT2D eigenvalue weighted by Crippen LogP contribution is -2.35. The number of carbonyl (C=O) groups excluding carboxylic acids is 1. The second kappa shape index (κ2) is 5.57. The molecular weight excluding hydrogens is 249 g/mol. The third kappa shape index (κ3) is 3.44. The van der Waals surface area contributed by atoms with Crippen LogP contribution in [0.2, 0.25) is 0 Å². The van der Waals surface area contributed by atoms with Crippen LogP contribution < -0.4 is 5.73 Å². The third-order valence-corrected chi connectivity index (χ3v) is 3.14. The van der Waals surface area contributed by atoms with Crippen molar-refractivity contribution in [2.75, 3.05) is 5.73 Å². The van der Waals surface area contributed by atoms with Gasteiger partial charge >= 0.3 is 5.97 Å². The number of rotatable bonds is 2. The van der Waals surface area contributed by atoms with Crippen molar-refractivity contribution >= 4 is 11.7 Å². The largest absolute Gasteiger partial charge is 0.459 e. The van der Waals surface area contributed by atoms with Crippen molar-refractivity contribution in [2.45, 2.75) is 45.0 Å². The van der Waals surface area contributed by atoms with E-state index < -0.39 is 11.8 Å². The minimum Gasteiger partial charge on any atom is -0.459 e. The molecule has 1 saturated heterocycles. The number of nitrogen functional groups attached to an aromatic ring is 1. The first-order valence-electron chi connectivity index (χ1n) is 6.37. The van der Waals surface area contributed by atoms with Gasteiger partial charge in [-0.1, -0.05) is 0 Å². The standard InChI is InChI=1S/C14H18FNO3/c1-8-5-11(6-9(2)18-8)19-14(17)12-4-3-10(16)7-13(12)15/h3-4,7-9,11H,5-6,16H2,1-2H3. The van der Waals surface area contributed by atoms with Crippen LogP contribution in [0, 0.1) is 5.82 Å². The van der Waals surface area contributed by atoms with Crippen LogP contribution in [0.4, 0.5) is 10.1 Å². The highest BCUT2D eigenvalue weighted by Gasteiger charge is 2.28. The number of anilines is 1. The molecule has 1 aromatic carbocycles. The van der Waals surface area contributed by atoms with E-state index in [1.54, 1.807) is 0 Å². The molecule has 0 spiro atoms. The Balaban J connectivity index is 2.04. The fraction of sp³-hybridized carbons (Fsp3) is 0.500. The number of ether oxygens (including phenoxy) is 2. The first-order valence-corrected chi connectivity index (χ1v) is 6.37. The summed E-state index contributed by atoms with van der Waals surface area (Å²) in [6.07, 6.45) is 1.11. The number of hydrogen-bond acceptors (Lipinski definition) is 4. The quantitative estimate of drug-likeness (QED) is 0.660. The molecule has 0 aromatic heterocycles. The molecule has 4 nitrogen and oxygen atoms in total. The van der Waals surface area contributed by atoms with Gasteiger partial charge in [0, 0.05) is 18.5 Å². The number of esters is 1. The molecule has 0 bridgehead atoms. The first kappa shape index (κ1) is 13.8. The van der Waals surface area contributed by atoms with Crippen molar-refractivity contribution in [2.24, 2.45) is 0 Å². The molecule has 1 aliphatic heterocycles. The van der Waals surface area contributed by atoms with Crippen molar-refractivity contribution in [3.8, 4) is 0 Å². The van der Waals surface area contributed by atoms with Crippen LogP contribution in [0.15, 0.2) is 18.2 Å². The number of benzene rings is 1. The molecule has 2 atom stereocenters. The van der Waals surface area contributed by atoms with E-state index in [-0.39, 0.29) is 29.6 Å². The summed E-state index contributed by atoms with van der Waals surface area (Å²) in [4.78, 5) is 11.9. The molecule has 0 radical (unpaired) electrons. The Morgan fingerprint density at radius 3 is 2.58 bits per heavy atom. The predicted molar refractivity (Wildman–Crippen MR) is 69.3 cm³/mol. The average Bonchev–Trinajstić information content (AvgIpc) is 2.26. The first-order chi connectivity index (χ1) is 8.95. The van der Waals surface area contributed by atoms with Crippen LogP contribution in [0.1, 0.15) is 37.0 Å². The van der Waals surface area contributed by atoms with E-state index in [4.69, 9.17) is 15.2 Å². The highest BCUT2D eigenvalue weighted by molar-refractivity contribution is 5.90. The van der Waals surface area contributed by atoms with E-state index in [1.807, 2.05) is 13.8 Å². The topological polar surface area (TPSA) is 61.5 Å². The van der Waals surface area contributed by atoms with E-state index in [1.165, 1.54) is 12.1 Å². The molecule has 1 aliphatic rings.